The van der Waals surface area contributed by atoms with Crippen molar-refractivity contribution < 1.29 is 9.72 Å². The van der Waals surface area contributed by atoms with E-state index in [-0.39, 0.29) is 36.0 Å². The molecule has 7 heteroatoms. The number of benzene rings is 1. The Morgan fingerprint density at radius 3 is 2.33 bits per heavy atom. The van der Waals surface area contributed by atoms with E-state index in [9.17, 15) is 14.9 Å². The molecule has 6 nitrogen and oxygen atoms in total. The first kappa shape index (κ1) is 17.4. The van der Waals surface area contributed by atoms with Gasteiger partial charge in [-0.1, -0.05) is 12.1 Å². The number of amides is 1. The summed E-state index contributed by atoms with van der Waals surface area (Å²) >= 11 is 0. The van der Waals surface area contributed by atoms with Crippen LogP contribution in [0.2, 0.25) is 0 Å². The van der Waals surface area contributed by atoms with Crippen LogP contribution in [0.3, 0.4) is 0 Å². The molecule has 1 heterocycles. The van der Waals surface area contributed by atoms with Gasteiger partial charge >= 0.3 is 0 Å². The molecule has 2 rings (SSSR count). The van der Waals surface area contributed by atoms with E-state index in [1.165, 1.54) is 12.1 Å². The Bertz CT molecular complexity index is 501. The van der Waals surface area contributed by atoms with E-state index in [4.69, 9.17) is 0 Å². The lowest BCUT2D eigenvalue weighted by atomic mass is 10.0. The zero-order valence-corrected chi connectivity index (χ0v) is 12.9. The number of carbonyl (C=O) groups is 1. The Hall–Kier alpha value is -1.66. The molecule has 0 aliphatic carbocycles. The maximum absolute atomic E-state index is 12.3. The molecule has 1 N–H and O–H groups in total. The second-order valence-electron chi connectivity index (χ2n) is 5.34. The van der Waals surface area contributed by atoms with Crippen LogP contribution in [0.5, 0.6) is 0 Å². The van der Waals surface area contributed by atoms with Crippen molar-refractivity contribution in [3.05, 3.63) is 39.9 Å². The molecule has 0 unspecified atom stereocenters. The maximum atomic E-state index is 12.3. The van der Waals surface area contributed by atoms with Crippen LogP contribution >= 0.6 is 12.4 Å². The molecular weight excluding hydrogens is 294 g/mol. The molecule has 1 amide bonds. The number of hydrogen-bond acceptors (Lipinski definition) is 4. The van der Waals surface area contributed by atoms with E-state index in [1.54, 1.807) is 12.1 Å². The molecule has 0 atom stereocenters. The SMILES string of the molecule is CC(C)N(Cc1ccc([N+](=O)[O-])cc1)C(=O)C1CNC1.Cl. The maximum Gasteiger partial charge on any atom is 0.269 e. The van der Waals surface area contributed by atoms with Crippen molar-refractivity contribution in [1.29, 1.82) is 0 Å². The second-order valence-corrected chi connectivity index (χ2v) is 5.34. The normalized spacial score (nSPS) is 14.2. The van der Waals surface area contributed by atoms with Gasteiger partial charge in [0.15, 0.2) is 0 Å². The van der Waals surface area contributed by atoms with Crippen LogP contribution in [-0.2, 0) is 11.3 Å². The van der Waals surface area contributed by atoms with E-state index >= 15 is 0 Å². The van der Waals surface area contributed by atoms with Crippen molar-refractivity contribution in [2.75, 3.05) is 13.1 Å². The highest BCUT2D eigenvalue weighted by molar-refractivity contribution is 5.85. The van der Waals surface area contributed by atoms with Gasteiger partial charge in [0, 0.05) is 37.8 Å². The van der Waals surface area contributed by atoms with Gasteiger partial charge in [-0.25, -0.2) is 0 Å². The van der Waals surface area contributed by atoms with Gasteiger partial charge in [0.05, 0.1) is 10.8 Å². The van der Waals surface area contributed by atoms with Crippen LogP contribution in [0.25, 0.3) is 0 Å². The van der Waals surface area contributed by atoms with E-state index in [2.05, 4.69) is 5.32 Å². The van der Waals surface area contributed by atoms with Crippen LogP contribution in [0, 0.1) is 16.0 Å². The molecule has 1 aliphatic heterocycles. The smallest absolute Gasteiger partial charge is 0.269 e. The van der Waals surface area contributed by atoms with Gasteiger partial charge in [0.2, 0.25) is 5.91 Å². The molecule has 1 fully saturated rings. The third kappa shape index (κ3) is 4.15. The lowest BCUT2D eigenvalue weighted by Gasteiger charge is -2.34. The summed E-state index contributed by atoms with van der Waals surface area (Å²) in [5.74, 6) is 0.215. The monoisotopic (exact) mass is 313 g/mol. The number of nitrogens with one attached hydrogen (secondary N) is 1. The summed E-state index contributed by atoms with van der Waals surface area (Å²) in [4.78, 5) is 24.3. The van der Waals surface area contributed by atoms with Gasteiger partial charge < -0.3 is 10.2 Å². The van der Waals surface area contributed by atoms with Crippen molar-refractivity contribution in [3.8, 4) is 0 Å². The summed E-state index contributed by atoms with van der Waals surface area (Å²) in [6.07, 6.45) is 0. The summed E-state index contributed by atoms with van der Waals surface area (Å²) in [5, 5.41) is 13.7. The fourth-order valence-electron chi connectivity index (χ4n) is 2.13. The molecule has 1 saturated heterocycles. The number of rotatable bonds is 5. The first-order chi connectivity index (χ1) is 9.49. The highest BCUT2D eigenvalue weighted by atomic mass is 35.5. The van der Waals surface area contributed by atoms with Crippen LogP contribution in [-0.4, -0.2) is 34.9 Å². The Balaban J connectivity index is 0.00000220. The zero-order valence-electron chi connectivity index (χ0n) is 12.1. The average Bonchev–Trinajstić information content (AvgIpc) is 2.33. The topological polar surface area (TPSA) is 75.5 Å². The number of carbonyl (C=O) groups excluding carboxylic acids is 1. The van der Waals surface area contributed by atoms with Crippen molar-refractivity contribution >= 4 is 24.0 Å². The Morgan fingerprint density at radius 2 is 1.95 bits per heavy atom. The predicted octanol–water partition coefficient (Wildman–Crippen LogP) is 1.97. The van der Waals surface area contributed by atoms with Crippen molar-refractivity contribution in [2.45, 2.75) is 26.4 Å². The van der Waals surface area contributed by atoms with Crippen LogP contribution in [0.15, 0.2) is 24.3 Å². The van der Waals surface area contributed by atoms with E-state index in [1.807, 2.05) is 18.7 Å². The Morgan fingerprint density at radius 1 is 1.38 bits per heavy atom. The van der Waals surface area contributed by atoms with Crippen molar-refractivity contribution in [2.24, 2.45) is 5.92 Å². The molecule has 1 aromatic rings. The van der Waals surface area contributed by atoms with E-state index in [0.717, 1.165) is 18.7 Å². The zero-order chi connectivity index (χ0) is 14.7. The fourth-order valence-corrected chi connectivity index (χ4v) is 2.13. The molecule has 1 aliphatic rings. The number of nitro benzene ring substituents is 1. The summed E-state index contributed by atoms with van der Waals surface area (Å²) in [5.41, 5.74) is 0.976. The quantitative estimate of drug-likeness (QED) is 0.666. The highest BCUT2D eigenvalue weighted by Crippen LogP contribution is 2.17. The van der Waals surface area contributed by atoms with Gasteiger partial charge in [-0.05, 0) is 19.4 Å². The van der Waals surface area contributed by atoms with Gasteiger partial charge in [0.25, 0.3) is 5.69 Å². The minimum Gasteiger partial charge on any atom is -0.336 e. The largest absolute Gasteiger partial charge is 0.336 e. The highest BCUT2D eigenvalue weighted by Gasteiger charge is 2.30. The van der Waals surface area contributed by atoms with E-state index in [0.29, 0.717) is 6.54 Å². The minimum atomic E-state index is -0.421. The van der Waals surface area contributed by atoms with Gasteiger partial charge in [-0.3, -0.25) is 14.9 Å². The van der Waals surface area contributed by atoms with E-state index < -0.39 is 4.92 Å². The summed E-state index contributed by atoms with van der Waals surface area (Å²) < 4.78 is 0. The molecular formula is C14H20ClN3O3. The summed E-state index contributed by atoms with van der Waals surface area (Å²) in [6, 6.07) is 6.48. The third-order valence-electron chi connectivity index (χ3n) is 3.54. The number of nitrogens with zero attached hydrogens (tertiary/aromatic N) is 2. The predicted molar refractivity (Wildman–Crippen MR) is 82.4 cm³/mol. The first-order valence-corrected chi connectivity index (χ1v) is 6.73. The van der Waals surface area contributed by atoms with Crippen LogP contribution < -0.4 is 5.32 Å². The average molecular weight is 314 g/mol. The van der Waals surface area contributed by atoms with Crippen molar-refractivity contribution in [1.82, 2.24) is 10.2 Å². The Labute approximate surface area is 130 Å². The fraction of sp³-hybridized carbons (Fsp3) is 0.500. The van der Waals surface area contributed by atoms with Gasteiger partial charge in [-0.2, -0.15) is 0 Å². The van der Waals surface area contributed by atoms with Crippen LogP contribution in [0.1, 0.15) is 19.4 Å². The summed E-state index contributed by atoms with van der Waals surface area (Å²) in [7, 11) is 0. The molecule has 0 aromatic heterocycles. The Kier molecular flexibility index (Phi) is 6.11. The molecule has 0 spiro atoms. The van der Waals surface area contributed by atoms with Gasteiger partial charge in [0.1, 0.15) is 0 Å². The molecule has 0 radical (unpaired) electrons. The summed E-state index contributed by atoms with van der Waals surface area (Å²) in [6.45, 7) is 5.93. The number of nitro groups is 1. The molecule has 116 valence electrons. The minimum absolute atomic E-state index is 0. The van der Waals surface area contributed by atoms with Crippen molar-refractivity contribution in [3.63, 3.8) is 0 Å². The van der Waals surface area contributed by atoms with Crippen LogP contribution in [0.4, 0.5) is 5.69 Å². The molecule has 1 aromatic carbocycles. The first-order valence-electron chi connectivity index (χ1n) is 6.73. The number of hydrogen-bond donors (Lipinski definition) is 1. The lowest BCUT2D eigenvalue weighted by molar-refractivity contribution is -0.384. The molecule has 0 bridgehead atoms. The van der Waals surface area contributed by atoms with Gasteiger partial charge in [-0.15, -0.1) is 12.4 Å². The molecule has 21 heavy (non-hydrogen) atoms. The standard InChI is InChI=1S/C14H19N3O3.ClH/c1-10(2)16(14(18)12-7-15-8-12)9-11-3-5-13(6-4-11)17(19)20;/h3-6,10,12,15H,7-9H2,1-2H3;1H. The third-order valence-corrected chi connectivity index (χ3v) is 3.54. The number of non-ortho nitro benzene ring substituents is 1. The molecule has 0 saturated carbocycles. The lowest BCUT2D eigenvalue weighted by Crippen LogP contribution is -2.53. The number of halogens is 1. The second kappa shape index (κ2) is 7.38.